The molecule has 18 heavy (non-hydrogen) atoms. The van der Waals surface area contributed by atoms with Gasteiger partial charge in [0.25, 0.3) is 0 Å². The van der Waals surface area contributed by atoms with Crippen LogP contribution in [0.25, 0.3) is 5.57 Å². The number of rotatable bonds is 1. The zero-order valence-corrected chi connectivity index (χ0v) is 11.6. The van der Waals surface area contributed by atoms with Gasteiger partial charge in [-0.25, -0.2) is 4.98 Å². The Bertz CT molecular complexity index is 411. The highest BCUT2D eigenvalue weighted by atomic mass is 16.2. The molecule has 0 spiro atoms. The Kier molecular flexibility index (Phi) is 5.35. The first-order valence-corrected chi connectivity index (χ1v) is 6.51. The predicted octanol–water partition coefficient (Wildman–Crippen LogP) is 3.26. The third-order valence-corrected chi connectivity index (χ3v) is 3.16. The number of aliphatic hydroxyl groups excluding tert-OH is 1. The van der Waals surface area contributed by atoms with Crippen molar-refractivity contribution in [1.82, 2.24) is 4.98 Å². The first-order chi connectivity index (χ1) is 8.50. The number of aliphatic hydroxyl groups is 1. The van der Waals surface area contributed by atoms with Crippen LogP contribution in [0, 0.1) is 5.41 Å². The lowest BCUT2D eigenvalue weighted by Crippen LogP contribution is -2.14. The van der Waals surface area contributed by atoms with Gasteiger partial charge in [-0.15, -0.1) is 0 Å². The summed E-state index contributed by atoms with van der Waals surface area (Å²) in [6.07, 6.45) is 7.54. The van der Waals surface area contributed by atoms with Gasteiger partial charge >= 0.3 is 0 Å². The Hall–Kier alpha value is -1.35. The molecule has 0 bridgehead atoms. The van der Waals surface area contributed by atoms with Crippen LogP contribution < -0.4 is 5.73 Å². The fraction of sp³-hybridized carbons (Fsp3) is 0.533. The van der Waals surface area contributed by atoms with E-state index >= 15 is 0 Å². The fourth-order valence-electron chi connectivity index (χ4n) is 2.01. The quantitative estimate of drug-likeness (QED) is 0.802. The monoisotopic (exact) mass is 248 g/mol. The van der Waals surface area contributed by atoms with Gasteiger partial charge in [-0.1, -0.05) is 19.9 Å². The van der Waals surface area contributed by atoms with Crippen LogP contribution in [0.5, 0.6) is 0 Å². The van der Waals surface area contributed by atoms with Crippen molar-refractivity contribution in [2.45, 2.75) is 40.0 Å². The Balaban J connectivity index is 0.000000492. The zero-order chi connectivity index (χ0) is 13.6. The van der Waals surface area contributed by atoms with E-state index in [1.807, 2.05) is 6.07 Å². The summed E-state index contributed by atoms with van der Waals surface area (Å²) in [4.78, 5) is 4.13. The van der Waals surface area contributed by atoms with Crippen molar-refractivity contribution in [3.05, 3.63) is 30.0 Å². The van der Waals surface area contributed by atoms with Crippen LogP contribution in [0.1, 0.15) is 45.6 Å². The number of hydrogen-bond acceptors (Lipinski definition) is 3. The van der Waals surface area contributed by atoms with Gasteiger partial charge in [0.05, 0.1) is 0 Å². The molecule has 1 aliphatic rings. The Morgan fingerprint density at radius 2 is 2.11 bits per heavy atom. The molecule has 3 heteroatoms. The number of nitrogens with zero attached hydrogens (tertiary/aromatic N) is 1. The average Bonchev–Trinajstić information content (AvgIpc) is 2.31. The molecule has 2 rings (SSSR count). The first kappa shape index (κ1) is 14.7. The topological polar surface area (TPSA) is 59.1 Å². The van der Waals surface area contributed by atoms with Crippen LogP contribution in [-0.4, -0.2) is 16.7 Å². The summed E-state index contributed by atoms with van der Waals surface area (Å²) in [6.45, 7) is 6.56. The van der Waals surface area contributed by atoms with Gasteiger partial charge in [0.2, 0.25) is 0 Å². The maximum atomic E-state index is 7.57. The maximum absolute atomic E-state index is 7.57. The second-order valence-electron chi connectivity index (χ2n) is 5.35. The summed E-state index contributed by atoms with van der Waals surface area (Å²) in [5.74, 6) is 0.656. The molecule has 1 aliphatic carbocycles. The lowest BCUT2D eigenvalue weighted by atomic mass is 9.77. The van der Waals surface area contributed by atoms with E-state index in [-0.39, 0.29) is 6.61 Å². The molecule has 0 fully saturated rings. The third-order valence-electron chi connectivity index (χ3n) is 3.16. The van der Waals surface area contributed by atoms with Crippen molar-refractivity contribution in [2.24, 2.45) is 5.41 Å². The highest BCUT2D eigenvalue weighted by molar-refractivity contribution is 5.73. The fourth-order valence-corrected chi connectivity index (χ4v) is 2.01. The smallest absolute Gasteiger partial charge is 0.130 e. The van der Waals surface area contributed by atoms with Gasteiger partial charge < -0.3 is 10.8 Å². The second-order valence-corrected chi connectivity index (χ2v) is 5.35. The number of nitrogen functional groups attached to an aromatic ring is 1. The Morgan fingerprint density at radius 1 is 1.44 bits per heavy atom. The first-order valence-electron chi connectivity index (χ1n) is 6.51. The van der Waals surface area contributed by atoms with E-state index in [9.17, 15) is 0 Å². The van der Waals surface area contributed by atoms with E-state index in [4.69, 9.17) is 10.8 Å². The summed E-state index contributed by atoms with van der Waals surface area (Å²) < 4.78 is 0. The summed E-state index contributed by atoms with van der Waals surface area (Å²) in [6, 6.07) is 4.01. The van der Waals surface area contributed by atoms with Crippen LogP contribution in [0.3, 0.4) is 0 Å². The standard InChI is InChI=1S/C13H18N2.C2H6O/c1-13(2)7-5-10(6-8-13)11-4-3-9-15-12(11)14;1-2-3/h3-5,9H,6-8H2,1-2H3,(H2,14,15);3H,2H2,1H3. The van der Waals surface area contributed by atoms with E-state index < -0.39 is 0 Å². The number of aromatic nitrogens is 1. The minimum atomic E-state index is 0.250. The third kappa shape index (κ3) is 4.15. The van der Waals surface area contributed by atoms with Gasteiger partial charge in [-0.05, 0) is 49.3 Å². The molecule has 0 aromatic carbocycles. The number of hydrogen-bond donors (Lipinski definition) is 2. The lowest BCUT2D eigenvalue weighted by molar-refractivity contribution is 0.318. The summed E-state index contributed by atoms with van der Waals surface area (Å²) >= 11 is 0. The predicted molar refractivity (Wildman–Crippen MR) is 77.0 cm³/mol. The van der Waals surface area contributed by atoms with Gasteiger partial charge in [0.15, 0.2) is 0 Å². The molecule has 0 amide bonds. The van der Waals surface area contributed by atoms with E-state index in [0.29, 0.717) is 11.2 Å². The minimum Gasteiger partial charge on any atom is -0.397 e. The molecule has 1 aromatic rings. The molecule has 0 aliphatic heterocycles. The van der Waals surface area contributed by atoms with Crippen LogP contribution in [-0.2, 0) is 0 Å². The molecule has 100 valence electrons. The Labute approximate surface area is 110 Å². The van der Waals surface area contributed by atoms with Crippen molar-refractivity contribution in [3.63, 3.8) is 0 Å². The van der Waals surface area contributed by atoms with Crippen molar-refractivity contribution in [2.75, 3.05) is 12.3 Å². The van der Waals surface area contributed by atoms with E-state index in [0.717, 1.165) is 18.4 Å². The number of nitrogens with two attached hydrogens (primary N) is 1. The molecule has 0 saturated heterocycles. The maximum Gasteiger partial charge on any atom is 0.130 e. The number of anilines is 1. The van der Waals surface area contributed by atoms with Crippen LogP contribution in [0.2, 0.25) is 0 Å². The molecular weight excluding hydrogens is 224 g/mol. The van der Waals surface area contributed by atoms with Gasteiger partial charge in [-0.3, -0.25) is 0 Å². The summed E-state index contributed by atoms with van der Waals surface area (Å²) in [7, 11) is 0. The highest BCUT2D eigenvalue weighted by Crippen LogP contribution is 2.38. The largest absolute Gasteiger partial charge is 0.397 e. The molecule has 3 nitrogen and oxygen atoms in total. The summed E-state index contributed by atoms with van der Waals surface area (Å²) in [5.41, 5.74) is 8.79. The second kappa shape index (κ2) is 6.55. The molecule has 0 unspecified atom stereocenters. The van der Waals surface area contributed by atoms with Crippen LogP contribution in [0.4, 0.5) is 5.82 Å². The molecule has 3 N–H and O–H groups in total. The van der Waals surface area contributed by atoms with Crippen LogP contribution in [0.15, 0.2) is 24.4 Å². The van der Waals surface area contributed by atoms with E-state index in [2.05, 4.69) is 31.0 Å². The normalized spacial score (nSPS) is 17.4. The van der Waals surface area contributed by atoms with Crippen molar-refractivity contribution in [1.29, 1.82) is 0 Å². The Morgan fingerprint density at radius 3 is 2.61 bits per heavy atom. The SMILES string of the molecule is CC1(C)CC=C(c2cccnc2N)CC1.CCO. The molecule has 0 atom stereocenters. The minimum absolute atomic E-state index is 0.250. The summed E-state index contributed by atoms with van der Waals surface area (Å²) in [5, 5.41) is 7.57. The van der Waals surface area contributed by atoms with Crippen molar-refractivity contribution in [3.8, 4) is 0 Å². The molecular formula is C15H24N2O. The number of allylic oxidation sites excluding steroid dienone is 2. The van der Waals surface area contributed by atoms with Crippen molar-refractivity contribution < 1.29 is 5.11 Å². The molecule has 1 aromatic heterocycles. The van der Waals surface area contributed by atoms with E-state index in [1.54, 1.807) is 13.1 Å². The van der Waals surface area contributed by atoms with Gasteiger partial charge in [0.1, 0.15) is 5.82 Å². The highest BCUT2D eigenvalue weighted by Gasteiger charge is 2.22. The zero-order valence-electron chi connectivity index (χ0n) is 11.6. The van der Waals surface area contributed by atoms with E-state index in [1.165, 1.54) is 12.0 Å². The molecule has 1 heterocycles. The van der Waals surface area contributed by atoms with Gasteiger partial charge in [0, 0.05) is 18.4 Å². The average molecular weight is 248 g/mol. The number of pyridine rings is 1. The lowest BCUT2D eigenvalue weighted by Gasteiger charge is -2.28. The molecule has 0 saturated carbocycles. The van der Waals surface area contributed by atoms with Crippen LogP contribution >= 0.6 is 0 Å². The van der Waals surface area contributed by atoms with Gasteiger partial charge in [-0.2, -0.15) is 0 Å². The van der Waals surface area contributed by atoms with Crippen molar-refractivity contribution >= 4 is 11.4 Å². The molecule has 0 radical (unpaired) electrons.